The number of ether oxygens (including phenoxy) is 3. The van der Waals surface area contributed by atoms with Crippen LogP contribution in [0.25, 0.3) is 11.2 Å². The first-order chi connectivity index (χ1) is 27.8. The molecular weight excluding hydrogens is 776 g/mol. The zero-order valence-electron chi connectivity index (χ0n) is 33.8. The van der Waals surface area contributed by atoms with Gasteiger partial charge in [0.1, 0.15) is 12.4 Å². The van der Waals surface area contributed by atoms with Gasteiger partial charge in [0.15, 0.2) is 35.4 Å². The summed E-state index contributed by atoms with van der Waals surface area (Å²) in [6, 6.07) is 26.9. The average Bonchev–Trinajstić information content (AvgIpc) is 3.78. The largest absolute Gasteiger partial charge is 0.452 e. The number of carbonyl (C=O) groups is 3. The van der Waals surface area contributed by atoms with Crippen molar-refractivity contribution in [1.29, 1.82) is 0 Å². The van der Waals surface area contributed by atoms with Crippen molar-refractivity contribution in [1.82, 2.24) is 24.2 Å². The Balaban J connectivity index is 1.38. The van der Waals surface area contributed by atoms with Gasteiger partial charge in [-0.3, -0.25) is 9.36 Å². The first-order valence-corrected chi connectivity index (χ1v) is 24.2. The summed E-state index contributed by atoms with van der Waals surface area (Å²) in [7, 11) is -3.03. The number of amides is 1. The molecule has 3 aromatic carbocycles. The molecule has 1 aliphatic heterocycles. The molecule has 1 aliphatic rings. The minimum atomic E-state index is -1.59. The van der Waals surface area contributed by atoms with Crippen LogP contribution in [0.1, 0.15) is 65.0 Å². The minimum Gasteiger partial charge on any atom is -0.452 e. The van der Waals surface area contributed by atoms with Gasteiger partial charge < -0.3 is 28.6 Å². The molecule has 3 heterocycles. The van der Waals surface area contributed by atoms with Crippen molar-refractivity contribution in [3.8, 4) is 0 Å². The predicted octanol–water partition coefficient (Wildman–Crippen LogP) is 8.14. The van der Waals surface area contributed by atoms with Crippen molar-refractivity contribution < 1.29 is 37.6 Å². The maximum Gasteiger partial charge on any atom is 0.338 e. The van der Waals surface area contributed by atoms with Crippen molar-refractivity contribution in [2.24, 2.45) is 0 Å². The van der Waals surface area contributed by atoms with Crippen molar-refractivity contribution in [3.63, 3.8) is 0 Å². The lowest BCUT2D eigenvalue weighted by Crippen LogP contribution is -2.41. The second kappa shape index (κ2) is 19.2. The lowest BCUT2D eigenvalue weighted by Gasteiger charge is -2.36. The Morgan fingerprint density at radius 3 is 1.88 bits per heavy atom. The third kappa shape index (κ3) is 10.6. The van der Waals surface area contributed by atoms with E-state index in [2.05, 4.69) is 72.3 Å². The second-order valence-electron chi connectivity index (χ2n) is 15.6. The molecule has 58 heavy (non-hydrogen) atoms. The van der Waals surface area contributed by atoms with Crippen LogP contribution >= 0.6 is 8.53 Å². The van der Waals surface area contributed by atoms with Gasteiger partial charge in [-0.15, -0.1) is 0 Å². The van der Waals surface area contributed by atoms with E-state index in [1.807, 2.05) is 6.07 Å². The number of carbonyl (C=O) groups excluding carboxylic acids is 3. The van der Waals surface area contributed by atoms with E-state index in [1.165, 1.54) is 12.7 Å². The Morgan fingerprint density at radius 2 is 1.33 bits per heavy atom. The predicted molar refractivity (Wildman–Crippen MR) is 224 cm³/mol. The van der Waals surface area contributed by atoms with E-state index in [-0.39, 0.29) is 41.6 Å². The number of hydrogen-bond acceptors (Lipinski definition) is 12. The lowest BCUT2D eigenvalue weighted by molar-refractivity contribution is -0.0550. The fourth-order valence-corrected chi connectivity index (χ4v) is 8.98. The topological polar surface area (TPSA) is 156 Å². The molecule has 0 spiro atoms. The molecule has 0 bridgehead atoms. The molecule has 0 radical (unpaired) electrons. The van der Waals surface area contributed by atoms with E-state index in [0.29, 0.717) is 23.3 Å². The molecule has 1 saturated heterocycles. The van der Waals surface area contributed by atoms with Crippen LogP contribution in [-0.2, 0) is 23.3 Å². The standard InChI is InChI=1S/C42H51N6O8PSi/c1-28(2)48(29(3)4)57(52-23-24-58(5,6)7)53-25-33-35(55-41(50)31-19-13-9-14-20-31)36(56-42(51)32-21-15-10-16-22-32)40(54-33)47-27-45-34-37(43-26-44-38(34)47)46-39(49)30-17-11-8-12-18-30/h8-22,26-29,33,35-36,40H,23-25H2,1-7H3,(H,43,44,46,49)/t33-,35-,36-,40-,57?/m1/s1. The number of hydrogen-bond donors (Lipinski definition) is 1. The van der Waals surface area contributed by atoms with Gasteiger partial charge in [-0.1, -0.05) is 74.2 Å². The van der Waals surface area contributed by atoms with Gasteiger partial charge in [0.2, 0.25) is 0 Å². The fraction of sp³-hybridized carbons (Fsp3) is 0.381. The quantitative estimate of drug-likeness (QED) is 0.0546. The Morgan fingerprint density at radius 1 is 0.776 bits per heavy atom. The second-order valence-corrected chi connectivity index (χ2v) is 22.7. The molecule has 0 saturated carbocycles. The Bertz CT molecular complexity index is 2130. The molecule has 1 unspecified atom stereocenters. The summed E-state index contributed by atoms with van der Waals surface area (Å²) >= 11 is 0. The number of benzene rings is 3. The summed E-state index contributed by atoms with van der Waals surface area (Å²) < 4.78 is 36.2. The fourth-order valence-electron chi connectivity index (χ4n) is 6.48. The molecule has 5 aromatic rings. The van der Waals surface area contributed by atoms with E-state index in [1.54, 1.807) is 89.5 Å². The van der Waals surface area contributed by atoms with Crippen LogP contribution in [0.15, 0.2) is 104 Å². The van der Waals surface area contributed by atoms with Gasteiger partial charge in [0.05, 0.1) is 30.7 Å². The van der Waals surface area contributed by atoms with Crippen LogP contribution in [0.4, 0.5) is 5.82 Å². The number of nitrogens with zero attached hydrogens (tertiary/aromatic N) is 5. The molecule has 5 atom stereocenters. The zero-order valence-corrected chi connectivity index (χ0v) is 35.7. The molecule has 16 heteroatoms. The van der Waals surface area contributed by atoms with Gasteiger partial charge in [-0.2, -0.15) is 0 Å². The van der Waals surface area contributed by atoms with Crippen molar-refractivity contribution in [2.75, 3.05) is 18.5 Å². The molecule has 1 N–H and O–H groups in total. The number of fused-ring (bicyclic) bond motifs is 1. The molecule has 1 amide bonds. The zero-order chi connectivity index (χ0) is 41.4. The SMILES string of the molecule is CC(C)N(C(C)C)P(OCC[Si](C)(C)C)OC[C@H]1O[C@@H](n2cnc3c(NC(=O)c4ccccc4)ncnc32)[C@H](OC(=O)c2ccccc2)[C@@H]1OC(=O)c1ccccc1. The van der Waals surface area contributed by atoms with Crippen LogP contribution in [0.5, 0.6) is 0 Å². The summed E-state index contributed by atoms with van der Waals surface area (Å²) in [4.78, 5) is 54.2. The van der Waals surface area contributed by atoms with Crippen molar-refractivity contribution in [3.05, 3.63) is 120 Å². The van der Waals surface area contributed by atoms with Crippen LogP contribution in [0.3, 0.4) is 0 Å². The van der Waals surface area contributed by atoms with Crippen LogP contribution in [-0.4, -0.2) is 93.7 Å². The summed E-state index contributed by atoms with van der Waals surface area (Å²) in [6.07, 6.45) is -1.67. The van der Waals surface area contributed by atoms with Gasteiger partial charge in [-0.05, 0) is 70.1 Å². The lowest BCUT2D eigenvalue weighted by atomic mass is 10.1. The molecule has 1 fully saturated rings. The monoisotopic (exact) mass is 826 g/mol. The van der Waals surface area contributed by atoms with E-state index in [0.717, 1.165) is 6.04 Å². The normalized spacial score (nSPS) is 18.8. The highest BCUT2D eigenvalue weighted by Crippen LogP contribution is 2.48. The smallest absolute Gasteiger partial charge is 0.338 e. The first-order valence-electron chi connectivity index (χ1n) is 19.4. The molecule has 14 nitrogen and oxygen atoms in total. The van der Waals surface area contributed by atoms with Gasteiger partial charge in [0.25, 0.3) is 14.4 Å². The molecular formula is C42H51N6O8PSi. The summed E-state index contributed by atoms with van der Waals surface area (Å²) in [5.74, 6) is -1.50. The number of imidazole rings is 1. The number of nitrogens with one attached hydrogen (secondary N) is 1. The minimum absolute atomic E-state index is 0.0722. The van der Waals surface area contributed by atoms with E-state index >= 15 is 0 Å². The Hall–Kier alpha value is -4.89. The molecule has 306 valence electrons. The number of aromatic nitrogens is 4. The average molecular weight is 827 g/mol. The third-order valence-electron chi connectivity index (χ3n) is 9.34. The van der Waals surface area contributed by atoms with E-state index in [9.17, 15) is 14.4 Å². The van der Waals surface area contributed by atoms with E-state index in [4.69, 9.17) is 23.3 Å². The van der Waals surface area contributed by atoms with Gasteiger partial charge in [0, 0.05) is 25.7 Å². The number of anilines is 1. The molecule has 2 aromatic heterocycles. The summed E-state index contributed by atoms with van der Waals surface area (Å²) in [5, 5.41) is 2.82. The van der Waals surface area contributed by atoms with Gasteiger partial charge >= 0.3 is 11.9 Å². The molecule has 0 aliphatic carbocycles. The highest BCUT2D eigenvalue weighted by Gasteiger charge is 2.52. The van der Waals surface area contributed by atoms with Crippen molar-refractivity contribution >= 4 is 51.4 Å². The summed E-state index contributed by atoms with van der Waals surface area (Å²) in [5.41, 5.74) is 1.58. The number of rotatable bonds is 17. The first kappa shape index (κ1) is 42.7. The maximum absolute atomic E-state index is 13.8. The molecule has 6 rings (SSSR count). The Labute approximate surface area is 341 Å². The summed E-state index contributed by atoms with van der Waals surface area (Å²) in [6.45, 7) is 15.7. The van der Waals surface area contributed by atoms with E-state index < -0.39 is 53.1 Å². The van der Waals surface area contributed by atoms with Gasteiger partial charge in [-0.25, -0.2) is 29.2 Å². The maximum atomic E-state index is 13.8. The van der Waals surface area contributed by atoms with Crippen LogP contribution in [0.2, 0.25) is 25.7 Å². The number of esters is 2. The highest BCUT2D eigenvalue weighted by molar-refractivity contribution is 7.44. The van der Waals surface area contributed by atoms with Crippen LogP contribution < -0.4 is 5.32 Å². The highest BCUT2D eigenvalue weighted by atomic mass is 31.2. The van der Waals surface area contributed by atoms with Crippen LogP contribution in [0, 0.1) is 0 Å². The third-order valence-corrected chi connectivity index (χ3v) is 13.1. The Kier molecular flexibility index (Phi) is 14.2. The van der Waals surface area contributed by atoms with Crippen molar-refractivity contribution in [2.45, 2.75) is 90.0 Å².